The predicted molar refractivity (Wildman–Crippen MR) is 133 cm³/mol. The number of aromatic hydroxyl groups is 1. The Morgan fingerprint density at radius 1 is 1.25 bits per heavy atom. The van der Waals surface area contributed by atoms with Gasteiger partial charge in [-0.15, -0.1) is 0 Å². The van der Waals surface area contributed by atoms with Crippen molar-refractivity contribution < 1.29 is 34.3 Å². The fourth-order valence-electron chi connectivity index (χ4n) is 5.98. The van der Waals surface area contributed by atoms with Gasteiger partial charge in [-0.05, 0) is 54.7 Å². The molecule has 1 saturated heterocycles. The molecule has 2 aliphatic carbocycles. The monoisotopic (exact) mass is 495 g/mol. The topological polar surface area (TPSA) is 131 Å². The molecule has 36 heavy (non-hydrogen) atoms. The van der Waals surface area contributed by atoms with Crippen LogP contribution in [0.4, 0.5) is 0 Å². The summed E-state index contributed by atoms with van der Waals surface area (Å²) < 4.78 is 17.6. The Hall–Kier alpha value is -2.75. The highest BCUT2D eigenvalue weighted by molar-refractivity contribution is 6.22. The van der Waals surface area contributed by atoms with E-state index in [-0.39, 0.29) is 36.4 Å². The highest BCUT2D eigenvalue weighted by Gasteiger charge is 2.44. The van der Waals surface area contributed by atoms with E-state index in [1.807, 2.05) is 13.0 Å². The van der Waals surface area contributed by atoms with Gasteiger partial charge in [0.1, 0.15) is 11.5 Å². The number of phenolic OH excluding ortho intramolecular Hbond substituents is 1. The summed E-state index contributed by atoms with van der Waals surface area (Å²) in [7, 11) is 1.50. The molecular weight excluding hydrogens is 462 g/mol. The van der Waals surface area contributed by atoms with Crippen LogP contribution >= 0.6 is 0 Å². The van der Waals surface area contributed by atoms with E-state index in [1.54, 1.807) is 26.0 Å². The lowest BCUT2D eigenvalue weighted by Crippen LogP contribution is -2.52. The van der Waals surface area contributed by atoms with Gasteiger partial charge < -0.3 is 35.3 Å². The number of hydrogen-bond donors (Lipinski definition) is 4. The van der Waals surface area contributed by atoms with Crippen molar-refractivity contribution in [3.63, 3.8) is 0 Å². The highest BCUT2D eigenvalue weighted by atomic mass is 16.7. The van der Waals surface area contributed by atoms with E-state index < -0.39 is 36.2 Å². The van der Waals surface area contributed by atoms with Crippen molar-refractivity contribution >= 4 is 11.4 Å². The van der Waals surface area contributed by atoms with Crippen LogP contribution in [0.3, 0.4) is 0 Å². The Morgan fingerprint density at radius 3 is 2.64 bits per heavy atom. The number of nitrogens with two attached hydrogens (primary N) is 1. The fourth-order valence-corrected chi connectivity index (χ4v) is 5.98. The lowest BCUT2D eigenvalue weighted by Gasteiger charge is -2.42. The van der Waals surface area contributed by atoms with Crippen molar-refractivity contribution in [2.45, 2.75) is 76.3 Å². The molecule has 8 heteroatoms. The normalized spacial score (nSPS) is 31.5. The smallest absolute Gasteiger partial charge is 0.201 e. The average Bonchev–Trinajstić information content (AvgIpc) is 2.81. The number of hydrogen-bond acceptors (Lipinski definition) is 8. The van der Waals surface area contributed by atoms with Crippen LogP contribution in [0.25, 0.3) is 5.57 Å². The van der Waals surface area contributed by atoms with Gasteiger partial charge in [-0.3, -0.25) is 4.79 Å². The van der Waals surface area contributed by atoms with Crippen molar-refractivity contribution in [3.8, 4) is 11.5 Å². The summed E-state index contributed by atoms with van der Waals surface area (Å²) in [6, 6.07) is 4.80. The average molecular weight is 496 g/mol. The van der Waals surface area contributed by atoms with Crippen molar-refractivity contribution in [2.75, 3.05) is 7.11 Å². The fraction of sp³-hybridized carbons (Fsp3) is 0.464. The number of carbonyl (C=O) groups is 1. The van der Waals surface area contributed by atoms with Gasteiger partial charge in [-0.2, -0.15) is 0 Å². The maximum atomic E-state index is 13.8. The minimum atomic E-state index is -1.12. The van der Waals surface area contributed by atoms with E-state index in [9.17, 15) is 20.1 Å². The van der Waals surface area contributed by atoms with E-state index in [0.29, 0.717) is 33.6 Å². The molecule has 3 aliphatic rings. The molecule has 1 aliphatic heterocycles. The van der Waals surface area contributed by atoms with Gasteiger partial charge in [0.25, 0.3) is 0 Å². The van der Waals surface area contributed by atoms with E-state index >= 15 is 0 Å². The van der Waals surface area contributed by atoms with Crippen LogP contribution in [0, 0.1) is 6.92 Å². The van der Waals surface area contributed by atoms with E-state index in [0.717, 1.165) is 11.1 Å². The van der Waals surface area contributed by atoms with Gasteiger partial charge in [0.2, 0.25) is 5.78 Å². The highest BCUT2D eigenvalue weighted by Crippen LogP contribution is 2.52. The van der Waals surface area contributed by atoms with Crippen LogP contribution in [-0.4, -0.2) is 58.4 Å². The van der Waals surface area contributed by atoms with Gasteiger partial charge in [-0.1, -0.05) is 18.7 Å². The molecule has 2 aromatic rings. The first-order chi connectivity index (χ1) is 16.9. The molecule has 0 amide bonds. The second kappa shape index (κ2) is 8.68. The van der Waals surface area contributed by atoms with Crippen molar-refractivity contribution in [1.29, 1.82) is 0 Å². The van der Waals surface area contributed by atoms with E-state index in [2.05, 4.69) is 6.58 Å². The van der Waals surface area contributed by atoms with Gasteiger partial charge in [0.05, 0.1) is 42.1 Å². The van der Waals surface area contributed by atoms with Crippen molar-refractivity contribution in [1.82, 2.24) is 0 Å². The number of ether oxygens (including phenoxy) is 3. The van der Waals surface area contributed by atoms with Crippen LogP contribution in [-0.2, 0) is 15.9 Å². The van der Waals surface area contributed by atoms with Crippen LogP contribution in [0.15, 0.2) is 24.8 Å². The van der Waals surface area contributed by atoms with Gasteiger partial charge >= 0.3 is 0 Å². The zero-order valence-corrected chi connectivity index (χ0v) is 21.0. The summed E-state index contributed by atoms with van der Waals surface area (Å²) in [5, 5.41) is 32.9. The first-order valence-corrected chi connectivity index (χ1v) is 12.2. The largest absolute Gasteiger partial charge is 0.507 e. The first kappa shape index (κ1) is 24.9. The number of aliphatic hydroxyl groups excluding tert-OH is 1. The molecule has 2 aromatic carbocycles. The van der Waals surface area contributed by atoms with Gasteiger partial charge in [0, 0.05) is 30.9 Å². The van der Waals surface area contributed by atoms with Gasteiger partial charge in [-0.25, -0.2) is 0 Å². The molecule has 8 nitrogen and oxygen atoms in total. The Morgan fingerprint density at radius 2 is 1.97 bits per heavy atom. The van der Waals surface area contributed by atoms with Crippen LogP contribution in [0.5, 0.6) is 11.5 Å². The Bertz CT molecular complexity index is 1260. The molecule has 5 rings (SSSR count). The molecule has 192 valence electrons. The number of aliphatic hydroxyl groups is 2. The summed E-state index contributed by atoms with van der Waals surface area (Å²) in [6.45, 7) is 9.58. The molecule has 0 saturated carbocycles. The maximum Gasteiger partial charge on any atom is 0.201 e. The molecule has 5 N–H and O–H groups in total. The van der Waals surface area contributed by atoms with Crippen molar-refractivity contribution in [3.05, 3.63) is 63.7 Å². The molecule has 1 fully saturated rings. The van der Waals surface area contributed by atoms with Crippen LogP contribution in [0.2, 0.25) is 0 Å². The second-order valence-electron chi connectivity index (χ2n) is 10.5. The third-order valence-electron chi connectivity index (χ3n) is 7.79. The second-order valence-corrected chi connectivity index (χ2v) is 10.5. The molecule has 0 aromatic heterocycles. The zero-order valence-electron chi connectivity index (χ0n) is 21.0. The Balaban J connectivity index is 1.65. The van der Waals surface area contributed by atoms with E-state index in [1.165, 1.54) is 7.11 Å². The molecule has 1 heterocycles. The number of methoxy groups -OCH3 is 1. The number of fused-ring (bicyclic) bond motifs is 3. The summed E-state index contributed by atoms with van der Waals surface area (Å²) >= 11 is 0. The lowest BCUT2D eigenvalue weighted by atomic mass is 9.71. The molecule has 6 unspecified atom stereocenters. The maximum absolute atomic E-state index is 13.8. The third kappa shape index (κ3) is 3.76. The van der Waals surface area contributed by atoms with E-state index in [4.69, 9.17) is 19.9 Å². The molecule has 0 radical (unpaired) electrons. The molecule has 0 spiro atoms. The summed E-state index contributed by atoms with van der Waals surface area (Å²) in [5.41, 5.74) is 9.28. The summed E-state index contributed by atoms with van der Waals surface area (Å²) in [4.78, 5) is 13.8. The van der Waals surface area contributed by atoms with Crippen LogP contribution in [0.1, 0.15) is 76.5 Å². The number of rotatable bonds is 3. The summed E-state index contributed by atoms with van der Waals surface area (Å²) in [5.74, 6) is -0.119. The molecule has 6 atom stereocenters. The Kier molecular flexibility index (Phi) is 6.01. The molecule has 0 bridgehead atoms. The first-order valence-electron chi connectivity index (χ1n) is 12.2. The Labute approximate surface area is 210 Å². The zero-order chi connectivity index (χ0) is 26.1. The standard InChI is InChI=1S/C28H33NO7/c1-12-15-7-6-8-18(34-5)22(15)26(31)24-21(12)13(2)16-10-28(4,33)11-19(23(16)27(24)32)36-20-9-17(29)25(30)14(3)35-20/h6-8,14,17,19-20,25,30,32-33H,1,9-11,29H2,2-5H3. The molecular formula is C28H33NO7. The number of benzene rings is 2. The SMILES string of the molecule is C=C1c2cccc(OC)c2C(=O)c2c(O)c3c(c(C)c21)CC(C)(O)CC3OC1CC(N)C(O)C(C)O1. The quantitative estimate of drug-likeness (QED) is 0.436. The minimum absolute atomic E-state index is 0.161. The third-order valence-corrected chi connectivity index (χ3v) is 7.79. The van der Waals surface area contributed by atoms with Crippen LogP contribution < -0.4 is 10.5 Å². The lowest BCUT2D eigenvalue weighted by molar-refractivity contribution is -0.247. The minimum Gasteiger partial charge on any atom is -0.507 e. The number of carbonyl (C=O) groups excluding carboxylic acids is 1. The number of phenols is 1. The van der Waals surface area contributed by atoms with Crippen molar-refractivity contribution in [2.24, 2.45) is 5.73 Å². The summed E-state index contributed by atoms with van der Waals surface area (Å²) in [6.07, 6.45) is -2.12. The predicted octanol–water partition coefficient (Wildman–Crippen LogP) is 2.89. The van der Waals surface area contributed by atoms with Gasteiger partial charge in [0.15, 0.2) is 6.29 Å². The number of ketones is 1.